The van der Waals surface area contributed by atoms with E-state index in [-0.39, 0.29) is 0 Å². The molecule has 0 nitrogen and oxygen atoms in total. The fraction of sp³-hybridized carbons (Fsp3) is 0. The van der Waals surface area contributed by atoms with E-state index in [1.54, 1.807) is 0 Å². The summed E-state index contributed by atoms with van der Waals surface area (Å²) in [5, 5.41) is 5.82. The van der Waals surface area contributed by atoms with Crippen molar-refractivity contribution in [3.63, 3.8) is 0 Å². The number of fused-ring (bicyclic) bond motifs is 10. The van der Waals surface area contributed by atoms with E-state index in [1.807, 2.05) is 0 Å². The Kier molecular flexibility index (Phi) is 10.3. The fourth-order valence-electron chi connectivity index (χ4n) is 11.9. The van der Waals surface area contributed by atoms with E-state index in [4.69, 9.17) is 0 Å². The zero-order chi connectivity index (χ0) is 48.3. The lowest BCUT2D eigenvalue weighted by atomic mass is 9.96. The largest absolute Gasteiger partial charge is 0.182 e. The van der Waals surface area contributed by atoms with Gasteiger partial charge in [-0.25, -0.2) is 0 Å². The van der Waals surface area contributed by atoms with Crippen LogP contribution in [0.2, 0.25) is 0 Å². The Labute approximate surface area is 428 Å². The van der Waals surface area contributed by atoms with Gasteiger partial charge in [-0.1, -0.05) is 291 Å². The molecular formula is C72H48Si. The standard InChI is InChI=1S/C72H48Si/c1-5-13-49(14-6-1)53-21-29-57(30-22-53)61-37-41-65-66-42-38-62(58-31-23-54(24-32-58)50-15-7-2-8-16-50)46-70(66)73(69(65)45-61)71-47-63(59-33-25-55(26-34-59)51-17-9-3-10-18-51)39-43-67(71)68-44-40-64(48-72(68)73)60-35-27-56(28-36-60)52-19-11-4-12-20-52/h1-48H. The van der Waals surface area contributed by atoms with Crippen LogP contribution in [0.5, 0.6) is 0 Å². The summed E-state index contributed by atoms with van der Waals surface area (Å²) < 4.78 is 0. The van der Waals surface area contributed by atoms with Crippen molar-refractivity contribution in [1.82, 2.24) is 0 Å². The van der Waals surface area contributed by atoms with Crippen LogP contribution >= 0.6 is 0 Å². The summed E-state index contributed by atoms with van der Waals surface area (Å²) in [6.45, 7) is 0. The van der Waals surface area contributed by atoms with Gasteiger partial charge in [-0.3, -0.25) is 0 Å². The van der Waals surface area contributed by atoms with Crippen molar-refractivity contribution in [2.24, 2.45) is 0 Å². The van der Waals surface area contributed by atoms with E-state index in [2.05, 4.69) is 291 Å². The maximum atomic E-state index is 2.58. The maximum absolute atomic E-state index is 3.06. The Bertz CT molecular complexity index is 3460. The minimum atomic E-state index is -3.06. The third-order valence-corrected chi connectivity index (χ3v) is 20.5. The molecule has 0 unspecified atom stereocenters. The van der Waals surface area contributed by atoms with Gasteiger partial charge in [-0.2, -0.15) is 0 Å². The molecule has 2 aliphatic rings. The molecule has 0 amide bonds. The lowest BCUT2D eigenvalue weighted by molar-refractivity contribution is 1.59. The van der Waals surface area contributed by atoms with Gasteiger partial charge in [-0.15, -0.1) is 0 Å². The van der Waals surface area contributed by atoms with Gasteiger partial charge in [-0.05, 0) is 132 Å². The van der Waals surface area contributed by atoms with Crippen molar-refractivity contribution < 1.29 is 0 Å². The lowest BCUT2D eigenvalue weighted by Crippen LogP contribution is -2.70. The SMILES string of the molecule is c1ccc(-c2ccc(-c3ccc4c(c3)[Si]3(c5cc(-c6ccc(-c7ccccc7)cc6)ccc5-4)c4cc(-c5ccc(-c6ccccc6)cc5)ccc4-c4ccc(-c5ccc(-c6ccccc6)cc5)cc43)cc2)cc1. The van der Waals surface area contributed by atoms with Crippen molar-refractivity contribution in [2.75, 3.05) is 0 Å². The Morgan fingerprint density at radius 1 is 0.137 bits per heavy atom. The second kappa shape index (κ2) is 17.6. The quantitative estimate of drug-likeness (QED) is 0.133. The summed E-state index contributed by atoms with van der Waals surface area (Å²) in [5.41, 5.74) is 25.0. The number of hydrogen-bond acceptors (Lipinski definition) is 0. The van der Waals surface area contributed by atoms with Gasteiger partial charge < -0.3 is 0 Å². The van der Waals surface area contributed by atoms with Crippen LogP contribution in [0, 0.1) is 0 Å². The van der Waals surface area contributed by atoms with Crippen molar-refractivity contribution in [2.45, 2.75) is 0 Å². The van der Waals surface area contributed by atoms with Crippen LogP contribution in [0.4, 0.5) is 0 Å². The molecule has 0 atom stereocenters. The van der Waals surface area contributed by atoms with E-state index in [0.717, 1.165) is 0 Å². The van der Waals surface area contributed by atoms with Gasteiger partial charge in [0.25, 0.3) is 0 Å². The van der Waals surface area contributed by atoms with Crippen LogP contribution < -0.4 is 20.7 Å². The summed E-state index contributed by atoms with van der Waals surface area (Å²) in [6, 6.07) is 109. The minimum Gasteiger partial charge on any atom is -0.0622 e. The molecule has 0 aromatic heterocycles. The van der Waals surface area contributed by atoms with Gasteiger partial charge in [0, 0.05) is 0 Å². The van der Waals surface area contributed by atoms with Crippen LogP contribution in [0.15, 0.2) is 291 Å². The first kappa shape index (κ1) is 42.7. The van der Waals surface area contributed by atoms with Gasteiger partial charge in [0.1, 0.15) is 0 Å². The molecule has 14 rings (SSSR count). The number of benzene rings is 12. The van der Waals surface area contributed by atoms with E-state index >= 15 is 0 Å². The Balaban J connectivity index is 0.987. The van der Waals surface area contributed by atoms with Gasteiger partial charge >= 0.3 is 0 Å². The highest BCUT2D eigenvalue weighted by atomic mass is 28.3. The van der Waals surface area contributed by atoms with Crippen LogP contribution in [-0.2, 0) is 0 Å². The molecule has 0 saturated heterocycles. The summed E-state index contributed by atoms with van der Waals surface area (Å²) in [7, 11) is -3.06. The van der Waals surface area contributed by atoms with Crippen LogP contribution in [0.1, 0.15) is 0 Å². The molecule has 2 heterocycles. The van der Waals surface area contributed by atoms with Crippen molar-refractivity contribution in [3.05, 3.63) is 291 Å². The highest BCUT2D eigenvalue weighted by Crippen LogP contribution is 2.41. The predicted molar refractivity (Wildman–Crippen MR) is 312 cm³/mol. The zero-order valence-corrected chi connectivity index (χ0v) is 41.2. The molecular weight excluding hydrogens is 893 g/mol. The van der Waals surface area contributed by atoms with Crippen molar-refractivity contribution >= 4 is 28.8 Å². The average Bonchev–Trinajstić information content (AvgIpc) is 3.95. The molecule has 0 N–H and O–H groups in total. The molecule has 0 bridgehead atoms. The minimum absolute atomic E-state index is 1.22. The van der Waals surface area contributed by atoms with Crippen molar-refractivity contribution in [1.29, 1.82) is 0 Å². The smallest absolute Gasteiger partial charge is 0.0622 e. The van der Waals surface area contributed by atoms with Gasteiger partial charge in [0.2, 0.25) is 0 Å². The third-order valence-electron chi connectivity index (χ3n) is 15.6. The van der Waals surface area contributed by atoms with Crippen LogP contribution in [0.25, 0.3) is 111 Å². The van der Waals surface area contributed by atoms with Crippen LogP contribution in [0.3, 0.4) is 0 Å². The second-order valence-corrected chi connectivity index (χ2v) is 23.2. The van der Waals surface area contributed by atoms with Crippen LogP contribution in [-0.4, -0.2) is 8.07 Å². The third kappa shape index (κ3) is 7.28. The molecule has 0 fully saturated rings. The summed E-state index contributed by atoms with van der Waals surface area (Å²) in [5.74, 6) is 0. The van der Waals surface area contributed by atoms with Crippen molar-refractivity contribution in [3.8, 4) is 111 Å². The predicted octanol–water partition coefficient (Wildman–Crippen LogP) is 16.4. The topological polar surface area (TPSA) is 0 Å². The molecule has 2 aliphatic heterocycles. The first-order valence-electron chi connectivity index (χ1n) is 25.4. The molecule has 0 aliphatic carbocycles. The molecule has 0 saturated carbocycles. The van der Waals surface area contributed by atoms with E-state index in [0.29, 0.717) is 0 Å². The molecule has 0 radical (unpaired) electrons. The van der Waals surface area contributed by atoms with Gasteiger partial charge in [0.15, 0.2) is 8.07 Å². The first-order valence-corrected chi connectivity index (χ1v) is 27.4. The summed E-state index contributed by atoms with van der Waals surface area (Å²) in [6.07, 6.45) is 0. The molecule has 12 aromatic rings. The second-order valence-electron chi connectivity index (χ2n) is 19.6. The van der Waals surface area contributed by atoms with Gasteiger partial charge in [0.05, 0.1) is 0 Å². The molecule has 1 spiro atoms. The fourth-order valence-corrected chi connectivity index (χ4v) is 17.6. The lowest BCUT2D eigenvalue weighted by Gasteiger charge is -2.29. The number of rotatable bonds is 8. The van der Waals surface area contributed by atoms with E-state index in [1.165, 1.54) is 132 Å². The van der Waals surface area contributed by atoms with E-state index < -0.39 is 8.07 Å². The maximum Gasteiger partial charge on any atom is 0.182 e. The molecule has 12 aromatic carbocycles. The monoisotopic (exact) mass is 940 g/mol. The summed E-state index contributed by atoms with van der Waals surface area (Å²) >= 11 is 0. The summed E-state index contributed by atoms with van der Waals surface area (Å²) in [4.78, 5) is 0. The van der Waals surface area contributed by atoms with E-state index in [9.17, 15) is 0 Å². The zero-order valence-electron chi connectivity index (χ0n) is 40.2. The number of hydrogen-bond donors (Lipinski definition) is 0. The Morgan fingerprint density at radius 2 is 0.288 bits per heavy atom. The molecule has 340 valence electrons. The highest BCUT2D eigenvalue weighted by molar-refractivity contribution is 7.24. The first-order chi connectivity index (χ1) is 36.2. The Hall–Kier alpha value is -9.14. The normalized spacial score (nSPS) is 12.5. The highest BCUT2D eigenvalue weighted by Gasteiger charge is 2.54. The molecule has 1 heteroatoms. The Morgan fingerprint density at radius 3 is 0.479 bits per heavy atom. The average molecular weight is 941 g/mol. The molecule has 73 heavy (non-hydrogen) atoms.